The fourth-order valence-electron chi connectivity index (χ4n) is 2.47. The van der Waals surface area contributed by atoms with Crippen molar-refractivity contribution in [3.8, 4) is 0 Å². The SMILES string of the molecule is C=CCCC1(NC)CCN(C(C)C)CC1. The number of hydrogen-bond acceptors (Lipinski definition) is 2. The lowest BCUT2D eigenvalue weighted by atomic mass is 9.83. The van der Waals surface area contributed by atoms with Gasteiger partial charge in [-0.1, -0.05) is 6.08 Å². The number of nitrogens with one attached hydrogen (secondary N) is 1. The predicted molar refractivity (Wildman–Crippen MR) is 67.2 cm³/mol. The molecule has 88 valence electrons. The molecule has 2 heteroatoms. The number of rotatable bonds is 5. The molecule has 0 aromatic rings. The third kappa shape index (κ3) is 3.32. The van der Waals surface area contributed by atoms with E-state index in [1.54, 1.807) is 0 Å². The second-order valence-corrected chi connectivity index (χ2v) is 4.99. The van der Waals surface area contributed by atoms with Crippen LogP contribution in [0.3, 0.4) is 0 Å². The van der Waals surface area contributed by atoms with Gasteiger partial charge in [-0.15, -0.1) is 6.58 Å². The van der Waals surface area contributed by atoms with Crippen molar-refractivity contribution in [2.24, 2.45) is 0 Å². The fourth-order valence-corrected chi connectivity index (χ4v) is 2.47. The van der Waals surface area contributed by atoms with Gasteiger partial charge in [0.15, 0.2) is 0 Å². The average molecular weight is 210 g/mol. The maximum absolute atomic E-state index is 3.82. The number of nitrogens with zero attached hydrogens (tertiary/aromatic N) is 1. The summed E-state index contributed by atoms with van der Waals surface area (Å²) in [7, 11) is 2.11. The summed E-state index contributed by atoms with van der Waals surface area (Å²) in [6, 6.07) is 0.694. The van der Waals surface area contributed by atoms with Crippen molar-refractivity contribution in [1.82, 2.24) is 10.2 Å². The fraction of sp³-hybridized carbons (Fsp3) is 0.846. The van der Waals surface area contributed by atoms with Crippen LogP contribution in [0, 0.1) is 0 Å². The predicted octanol–water partition coefficient (Wildman–Crippen LogP) is 2.42. The summed E-state index contributed by atoms with van der Waals surface area (Å²) in [6.07, 6.45) is 6.94. The molecule has 1 saturated heterocycles. The molecule has 0 aromatic heterocycles. The number of allylic oxidation sites excluding steroid dienone is 1. The highest BCUT2D eigenvalue weighted by Gasteiger charge is 2.32. The molecule has 0 bridgehead atoms. The molecule has 2 nitrogen and oxygen atoms in total. The summed E-state index contributed by atoms with van der Waals surface area (Å²) in [6.45, 7) is 10.9. The van der Waals surface area contributed by atoms with Crippen molar-refractivity contribution in [2.75, 3.05) is 20.1 Å². The third-order valence-electron chi connectivity index (χ3n) is 3.84. The van der Waals surface area contributed by atoms with Gasteiger partial charge in [-0.2, -0.15) is 0 Å². The lowest BCUT2D eigenvalue weighted by Crippen LogP contribution is -2.53. The van der Waals surface area contributed by atoms with Gasteiger partial charge in [-0.3, -0.25) is 0 Å². The van der Waals surface area contributed by atoms with Crippen molar-refractivity contribution < 1.29 is 0 Å². The first kappa shape index (κ1) is 12.7. The van der Waals surface area contributed by atoms with Crippen LogP contribution in [0.15, 0.2) is 12.7 Å². The highest BCUT2D eigenvalue weighted by Crippen LogP contribution is 2.27. The summed E-state index contributed by atoms with van der Waals surface area (Å²) >= 11 is 0. The molecule has 1 rings (SSSR count). The molecule has 1 fully saturated rings. The van der Waals surface area contributed by atoms with Gasteiger partial charge < -0.3 is 10.2 Å². The van der Waals surface area contributed by atoms with Crippen LogP contribution in [-0.4, -0.2) is 36.6 Å². The minimum Gasteiger partial charge on any atom is -0.314 e. The first-order chi connectivity index (χ1) is 7.13. The smallest absolute Gasteiger partial charge is 0.0205 e. The minimum atomic E-state index is 0.375. The molecule has 1 N–H and O–H groups in total. The van der Waals surface area contributed by atoms with Gasteiger partial charge in [0.2, 0.25) is 0 Å². The maximum atomic E-state index is 3.82. The molecule has 0 amide bonds. The summed E-state index contributed by atoms with van der Waals surface area (Å²) < 4.78 is 0. The maximum Gasteiger partial charge on any atom is 0.0205 e. The molecule has 0 unspecified atom stereocenters. The Labute approximate surface area is 94.7 Å². The van der Waals surface area contributed by atoms with E-state index in [0.717, 1.165) is 6.42 Å². The van der Waals surface area contributed by atoms with Crippen LogP contribution in [0.1, 0.15) is 39.5 Å². The van der Waals surface area contributed by atoms with Gasteiger partial charge in [0.1, 0.15) is 0 Å². The van der Waals surface area contributed by atoms with Crippen LogP contribution in [0.25, 0.3) is 0 Å². The lowest BCUT2D eigenvalue weighted by molar-refractivity contribution is 0.110. The Kier molecular flexibility index (Phi) is 4.81. The molecule has 0 saturated carbocycles. The van der Waals surface area contributed by atoms with Crippen LogP contribution < -0.4 is 5.32 Å². The summed E-state index contributed by atoms with van der Waals surface area (Å²) in [5, 5.41) is 3.54. The summed E-state index contributed by atoms with van der Waals surface area (Å²) in [5.41, 5.74) is 0.375. The molecular weight excluding hydrogens is 184 g/mol. The quantitative estimate of drug-likeness (QED) is 0.701. The first-order valence-corrected chi connectivity index (χ1v) is 6.17. The molecule has 0 spiro atoms. The van der Waals surface area contributed by atoms with Crippen molar-refractivity contribution in [2.45, 2.75) is 51.1 Å². The first-order valence-electron chi connectivity index (χ1n) is 6.17. The van der Waals surface area contributed by atoms with E-state index in [4.69, 9.17) is 0 Å². The Morgan fingerprint density at radius 1 is 1.40 bits per heavy atom. The van der Waals surface area contributed by atoms with Crippen molar-refractivity contribution in [3.63, 3.8) is 0 Å². The summed E-state index contributed by atoms with van der Waals surface area (Å²) in [5.74, 6) is 0. The highest BCUT2D eigenvalue weighted by atomic mass is 15.2. The molecule has 0 radical (unpaired) electrons. The Hall–Kier alpha value is -0.340. The molecule has 0 atom stereocenters. The van der Waals surface area contributed by atoms with Crippen molar-refractivity contribution in [3.05, 3.63) is 12.7 Å². The zero-order valence-corrected chi connectivity index (χ0v) is 10.6. The minimum absolute atomic E-state index is 0.375. The van der Waals surface area contributed by atoms with Gasteiger partial charge in [0.05, 0.1) is 0 Å². The molecule has 0 aromatic carbocycles. The topological polar surface area (TPSA) is 15.3 Å². The second-order valence-electron chi connectivity index (χ2n) is 4.99. The van der Waals surface area contributed by atoms with E-state index in [1.807, 2.05) is 6.08 Å². The van der Waals surface area contributed by atoms with E-state index in [-0.39, 0.29) is 0 Å². The van der Waals surface area contributed by atoms with E-state index < -0.39 is 0 Å². The molecule has 0 aliphatic carbocycles. The van der Waals surface area contributed by atoms with Crippen molar-refractivity contribution >= 4 is 0 Å². The van der Waals surface area contributed by atoms with Crippen LogP contribution in [0.5, 0.6) is 0 Å². The van der Waals surface area contributed by atoms with Gasteiger partial charge in [-0.25, -0.2) is 0 Å². The second kappa shape index (κ2) is 5.66. The molecule has 1 aliphatic rings. The molecule has 15 heavy (non-hydrogen) atoms. The Balaban J connectivity index is 2.46. The molecule has 1 heterocycles. The largest absolute Gasteiger partial charge is 0.314 e. The zero-order chi connectivity index (χ0) is 11.3. The summed E-state index contributed by atoms with van der Waals surface area (Å²) in [4.78, 5) is 2.57. The number of likely N-dealkylation sites (tertiary alicyclic amines) is 1. The van der Waals surface area contributed by atoms with Gasteiger partial charge in [0, 0.05) is 24.7 Å². The third-order valence-corrected chi connectivity index (χ3v) is 3.84. The monoisotopic (exact) mass is 210 g/mol. The Morgan fingerprint density at radius 2 is 2.00 bits per heavy atom. The standard InChI is InChI=1S/C13H26N2/c1-5-6-7-13(14-4)8-10-15(11-9-13)12(2)3/h5,12,14H,1,6-11H2,2-4H3. The molecular formula is C13H26N2. The lowest BCUT2D eigenvalue weighted by Gasteiger charge is -2.43. The van der Waals surface area contributed by atoms with Crippen LogP contribution >= 0.6 is 0 Å². The van der Waals surface area contributed by atoms with E-state index in [0.29, 0.717) is 11.6 Å². The van der Waals surface area contributed by atoms with Gasteiger partial charge in [-0.05, 0) is 46.6 Å². The van der Waals surface area contributed by atoms with Gasteiger partial charge >= 0.3 is 0 Å². The zero-order valence-electron chi connectivity index (χ0n) is 10.6. The number of piperidine rings is 1. The van der Waals surface area contributed by atoms with Crippen LogP contribution in [0.2, 0.25) is 0 Å². The van der Waals surface area contributed by atoms with Crippen LogP contribution in [0.4, 0.5) is 0 Å². The van der Waals surface area contributed by atoms with E-state index in [9.17, 15) is 0 Å². The normalized spacial score (nSPS) is 21.9. The van der Waals surface area contributed by atoms with E-state index in [1.165, 1.54) is 32.4 Å². The number of hydrogen-bond donors (Lipinski definition) is 1. The van der Waals surface area contributed by atoms with Gasteiger partial charge in [0.25, 0.3) is 0 Å². The van der Waals surface area contributed by atoms with E-state index >= 15 is 0 Å². The molecule has 1 aliphatic heterocycles. The van der Waals surface area contributed by atoms with Crippen LogP contribution in [-0.2, 0) is 0 Å². The Bertz CT molecular complexity index is 191. The average Bonchev–Trinajstić information content (AvgIpc) is 2.27. The van der Waals surface area contributed by atoms with Crippen molar-refractivity contribution in [1.29, 1.82) is 0 Å². The highest BCUT2D eigenvalue weighted by molar-refractivity contribution is 4.94. The van der Waals surface area contributed by atoms with E-state index in [2.05, 4.69) is 37.7 Å². The Morgan fingerprint density at radius 3 is 2.40 bits per heavy atom.